The monoisotopic (exact) mass is 263 g/mol. The number of halogens is 1. The van der Waals surface area contributed by atoms with Crippen LogP contribution in [0.4, 0.5) is 4.39 Å². The predicted octanol–water partition coefficient (Wildman–Crippen LogP) is 4.61. The number of benzene rings is 1. The van der Waals surface area contributed by atoms with Crippen molar-refractivity contribution in [2.45, 2.75) is 57.9 Å². The maximum atomic E-state index is 13.5. The predicted molar refractivity (Wildman–Crippen MR) is 78.3 cm³/mol. The molecule has 19 heavy (non-hydrogen) atoms. The molecule has 0 spiro atoms. The van der Waals surface area contributed by atoms with Crippen molar-refractivity contribution in [1.82, 2.24) is 0 Å². The van der Waals surface area contributed by atoms with Gasteiger partial charge in [0.05, 0.1) is 0 Å². The molecule has 3 unspecified atom stereocenters. The Balaban J connectivity index is 2.26. The lowest BCUT2D eigenvalue weighted by molar-refractivity contribution is 0.156. The molecule has 1 aromatic rings. The van der Waals surface area contributed by atoms with Crippen molar-refractivity contribution in [3.05, 3.63) is 35.6 Å². The average molecular weight is 263 g/mol. The summed E-state index contributed by atoms with van der Waals surface area (Å²) in [6.07, 6.45) is 7.07. The van der Waals surface area contributed by atoms with Crippen molar-refractivity contribution >= 4 is 0 Å². The summed E-state index contributed by atoms with van der Waals surface area (Å²) >= 11 is 0. The molecule has 1 fully saturated rings. The summed E-state index contributed by atoms with van der Waals surface area (Å²) in [7, 11) is 0. The molecular formula is C17H26FN. The molecule has 1 aliphatic carbocycles. The first kappa shape index (κ1) is 14.5. The molecule has 0 aromatic heterocycles. The van der Waals surface area contributed by atoms with Gasteiger partial charge in [0.25, 0.3) is 0 Å². The molecule has 0 aliphatic heterocycles. The van der Waals surface area contributed by atoms with E-state index in [2.05, 4.69) is 13.8 Å². The highest BCUT2D eigenvalue weighted by Crippen LogP contribution is 2.42. The number of hydrogen-bond donors (Lipinski definition) is 1. The second-order valence-electron chi connectivity index (χ2n) is 6.04. The van der Waals surface area contributed by atoms with Gasteiger partial charge in [0, 0.05) is 5.54 Å². The van der Waals surface area contributed by atoms with Gasteiger partial charge in [0.2, 0.25) is 0 Å². The smallest absolute Gasteiger partial charge is 0.123 e. The third-order valence-electron chi connectivity index (χ3n) is 5.04. The lowest BCUT2D eigenvalue weighted by Crippen LogP contribution is -2.45. The highest BCUT2D eigenvalue weighted by atomic mass is 19.1. The van der Waals surface area contributed by atoms with Crippen molar-refractivity contribution in [2.24, 2.45) is 17.6 Å². The van der Waals surface area contributed by atoms with E-state index in [4.69, 9.17) is 5.73 Å². The number of hydrogen-bond acceptors (Lipinski definition) is 1. The summed E-state index contributed by atoms with van der Waals surface area (Å²) in [5.74, 6) is 1.10. The summed E-state index contributed by atoms with van der Waals surface area (Å²) in [4.78, 5) is 0. The van der Waals surface area contributed by atoms with Gasteiger partial charge in [-0.15, -0.1) is 0 Å². The Morgan fingerprint density at radius 2 is 2.11 bits per heavy atom. The summed E-state index contributed by atoms with van der Waals surface area (Å²) < 4.78 is 13.5. The first-order valence-electron chi connectivity index (χ1n) is 7.65. The third kappa shape index (κ3) is 3.00. The van der Waals surface area contributed by atoms with E-state index in [0.717, 1.165) is 17.9 Å². The quantitative estimate of drug-likeness (QED) is 0.843. The van der Waals surface area contributed by atoms with Crippen molar-refractivity contribution in [3.63, 3.8) is 0 Å². The lowest BCUT2D eigenvalue weighted by Gasteiger charge is -2.42. The van der Waals surface area contributed by atoms with Crippen LogP contribution in [0.3, 0.4) is 0 Å². The molecule has 0 saturated heterocycles. The highest BCUT2D eigenvalue weighted by Gasteiger charge is 2.37. The van der Waals surface area contributed by atoms with Gasteiger partial charge in [-0.3, -0.25) is 0 Å². The second kappa shape index (κ2) is 6.04. The molecule has 2 N–H and O–H groups in total. The van der Waals surface area contributed by atoms with E-state index in [1.807, 2.05) is 6.07 Å². The zero-order valence-electron chi connectivity index (χ0n) is 12.2. The number of nitrogens with two attached hydrogens (primary N) is 1. The van der Waals surface area contributed by atoms with Gasteiger partial charge in [0.15, 0.2) is 0 Å². The third-order valence-corrected chi connectivity index (χ3v) is 5.04. The van der Waals surface area contributed by atoms with E-state index in [0.29, 0.717) is 5.92 Å². The Hall–Kier alpha value is -0.890. The molecule has 1 aliphatic rings. The Labute approximate surface area is 116 Å². The zero-order valence-corrected chi connectivity index (χ0v) is 12.2. The Kier molecular flexibility index (Phi) is 4.62. The van der Waals surface area contributed by atoms with Crippen LogP contribution in [0.5, 0.6) is 0 Å². The van der Waals surface area contributed by atoms with E-state index < -0.39 is 0 Å². The van der Waals surface area contributed by atoms with Crippen molar-refractivity contribution < 1.29 is 4.39 Å². The minimum Gasteiger partial charge on any atom is -0.321 e. The molecule has 1 aromatic carbocycles. The van der Waals surface area contributed by atoms with Gasteiger partial charge >= 0.3 is 0 Å². The molecule has 0 bridgehead atoms. The SMILES string of the molecule is CCC1CCCC(C(N)(CC)c2cccc(F)c2)C1. The molecule has 106 valence electrons. The van der Waals surface area contributed by atoms with Crippen LogP contribution < -0.4 is 5.73 Å². The highest BCUT2D eigenvalue weighted by molar-refractivity contribution is 5.26. The molecule has 2 rings (SSSR count). The minimum absolute atomic E-state index is 0.177. The normalized spacial score (nSPS) is 26.9. The summed E-state index contributed by atoms with van der Waals surface area (Å²) in [5, 5.41) is 0. The molecule has 0 amide bonds. The van der Waals surface area contributed by atoms with Gasteiger partial charge in [-0.1, -0.05) is 45.2 Å². The first-order valence-corrected chi connectivity index (χ1v) is 7.65. The minimum atomic E-state index is -0.365. The van der Waals surface area contributed by atoms with E-state index in [9.17, 15) is 4.39 Å². The Morgan fingerprint density at radius 1 is 1.32 bits per heavy atom. The zero-order chi connectivity index (χ0) is 13.9. The van der Waals surface area contributed by atoms with E-state index in [1.54, 1.807) is 12.1 Å². The van der Waals surface area contributed by atoms with Gasteiger partial charge in [-0.25, -0.2) is 4.39 Å². The average Bonchev–Trinajstić information content (AvgIpc) is 2.46. The summed E-state index contributed by atoms with van der Waals surface area (Å²) in [5.41, 5.74) is 7.32. The van der Waals surface area contributed by atoms with Gasteiger partial charge in [0.1, 0.15) is 5.82 Å². The molecule has 2 heteroatoms. The van der Waals surface area contributed by atoms with E-state index >= 15 is 0 Å². The van der Waals surface area contributed by atoms with Crippen LogP contribution in [-0.2, 0) is 5.54 Å². The van der Waals surface area contributed by atoms with Crippen molar-refractivity contribution in [3.8, 4) is 0 Å². The Bertz CT molecular complexity index is 417. The molecule has 0 heterocycles. The van der Waals surface area contributed by atoms with Crippen LogP contribution in [0.2, 0.25) is 0 Å². The van der Waals surface area contributed by atoms with Crippen LogP contribution in [0, 0.1) is 17.7 Å². The molecule has 3 atom stereocenters. The molecule has 1 nitrogen and oxygen atoms in total. The number of rotatable bonds is 4. The maximum Gasteiger partial charge on any atom is 0.123 e. The fraction of sp³-hybridized carbons (Fsp3) is 0.647. The lowest BCUT2D eigenvalue weighted by atomic mass is 9.67. The first-order chi connectivity index (χ1) is 9.10. The van der Waals surface area contributed by atoms with Gasteiger partial charge in [-0.05, 0) is 48.8 Å². The topological polar surface area (TPSA) is 26.0 Å². The largest absolute Gasteiger partial charge is 0.321 e. The van der Waals surface area contributed by atoms with Gasteiger partial charge < -0.3 is 5.73 Å². The second-order valence-corrected chi connectivity index (χ2v) is 6.04. The maximum absolute atomic E-state index is 13.5. The van der Waals surface area contributed by atoms with Crippen LogP contribution in [-0.4, -0.2) is 0 Å². The van der Waals surface area contributed by atoms with E-state index in [1.165, 1.54) is 38.2 Å². The van der Waals surface area contributed by atoms with Crippen LogP contribution >= 0.6 is 0 Å². The summed E-state index contributed by atoms with van der Waals surface area (Å²) in [6.45, 7) is 4.39. The standard InChI is InChI=1S/C17H26FN/c1-3-13-7-5-8-14(11-13)17(19,4-2)15-9-6-10-16(18)12-15/h6,9-10,12-14H,3-5,7-8,11,19H2,1-2H3. The van der Waals surface area contributed by atoms with Crippen molar-refractivity contribution in [1.29, 1.82) is 0 Å². The van der Waals surface area contributed by atoms with Crippen molar-refractivity contribution in [2.75, 3.05) is 0 Å². The van der Waals surface area contributed by atoms with Crippen LogP contribution in [0.25, 0.3) is 0 Å². The van der Waals surface area contributed by atoms with Crippen LogP contribution in [0.1, 0.15) is 57.9 Å². The molecule has 0 radical (unpaired) electrons. The molecule has 1 saturated carbocycles. The van der Waals surface area contributed by atoms with Gasteiger partial charge in [-0.2, -0.15) is 0 Å². The van der Waals surface area contributed by atoms with Crippen LogP contribution in [0.15, 0.2) is 24.3 Å². The Morgan fingerprint density at radius 3 is 2.74 bits per heavy atom. The summed E-state index contributed by atoms with van der Waals surface area (Å²) in [6, 6.07) is 6.89. The van der Waals surface area contributed by atoms with E-state index in [-0.39, 0.29) is 11.4 Å². The molecular weight excluding hydrogens is 237 g/mol. The fourth-order valence-corrected chi connectivity index (χ4v) is 3.64. The fourth-order valence-electron chi connectivity index (χ4n) is 3.64.